The van der Waals surface area contributed by atoms with Crippen molar-refractivity contribution in [1.82, 2.24) is 15.6 Å². The molecule has 0 atom stereocenters. The zero-order valence-electron chi connectivity index (χ0n) is 18.9. The summed E-state index contributed by atoms with van der Waals surface area (Å²) in [5, 5.41) is 20.0. The fourth-order valence-electron chi connectivity index (χ4n) is 4.95. The van der Waals surface area contributed by atoms with E-state index in [9.17, 15) is 10.1 Å². The minimum atomic E-state index is -0.265. The first kappa shape index (κ1) is 23.1. The van der Waals surface area contributed by atoms with Gasteiger partial charge in [0.1, 0.15) is 11.9 Å². The van der Waals surface area contributed by atoms with Gasteiger partial charge in [-0.15, -0.1) is 0 Å². The maximum atomic E-state index is 13.3. The number of amides is 1. The summed E-state index contributed by atoms with van der Waals surface area (Å²) in [4.78, 5) is 17.9. The van der Waals surface area contributed by atoms with Crippen LogP contribution in [0.2, 0.25) is 0 Å². The van der Waals surface area contributed by atoms with Gasteiger partial charge in [0.05, 0.1) is 4.47 Å². The van der Waals surface area contributed by atoms with E-state index >= 15 is 0 Å². The summed E-state index contributed by atoms with van der Waals surface area (Å²) in [5.74, 6) is 1.13. The highest BCUT2D eigenvalue weighted by Gasteiger charge is 2.32. The van der Waals surface area contributed by atoms with Gasteiger partial charge in [-0.05, 0) is 66.0 Å². The van der Waals surface area contributed by atoms with Gasteiger partial charge in [-0.1, -0.05) is 33.1 Å². The molecule has 0 spiro atoms. The van der Waals surface area contributed by atoms with Gasteiger partial charge in [-0.3, -0.25) is 4.79 Å². The number of furan rings is 1. The average Bonchev–Trinajstić information content (AvgIpc) is 3.26. The number of anilines is 1. The van der Waals surface area contributed by atoms with E-state index in [4.69, 9.17) is 4.42 Å². The Labute approximate surface area is 197 Å². The van der Waals surface area contributed by atoms with Crippen LogP contribution in [0.4, 0.5) is 5.82 Å². The second-order valence-corrected chi connectivity index (χ2v) is 10.6. The lowest BCUT2D eigenvalue weighted by molar-refractivity contribution is 0.0895. The van der Waals surface area contributed by atoms with Gasteiger partial charge in [-0.25, -0.2) is 4.98 Å². The molecule has 2 aromatic heterocycles. The van der Waals surface area contributed by atoms with Crippen molar-refractivity contribution in [3.8, 4) is 6.07 Å². The molecule has 2 aromatic rings. The molecule has 0 aromatic carbocycles. The lowest BCUT2D eigenvalue weighted by Gasteiger charge is -2.37. The second kappa shape index (κ2) is 9.80. The number of fused-ring (bicyclic) bond motifs is 1. The standard InChI is InChI=1S/C24H32BrN5O2/c1-24(2,15-6-4-3-5-7-15)14-28-23(31)20-21-18(12-17(13-26)32-21)19(25)22(30-20)29-16-8-10-27-11-9-16/h12,15-16,27H,3-11,14H2,1-2H3,(H,28,31)(H,29,30). The molecule has 0 unspecified atom stereocenters. The van der Waals surface area contributed by atoms with Gasteiger partial charge >= 0.3 is 0 Å². The molecule has 0 bridgehead atoms. The number of piperidine rings is 1. The quantitative estimate of drug-likeness (QED) is 0.516. The van der Waals surface area contributed by atoms with Gasteiger partial charge in [0.2, 0.25) is 5.76 Å². The van der Waals surface area contributed by atoms with Crippen LogP contribution >= 0.6 is 15.9 Å². The van der Waals surface area contributed by atoms with Crippen molar-refractivity contribution in [2.45, 2.75) is 64.8 Å². The Morgan fingerprint density at radius 3 is 2.69 bits per heavy atom. The maximum absolute atomic E-state index is 13.3. The topological polar surface area (TPSA) is 103 Å². The molecule has 1 amide bonds. The zero-order valence-corrected chi connectivity index (χ0v) is 20.5. The fraction of sp³-hybridized carbons (Fsp3) is 0.625. The minimum Gasteiger partial charge on any atom is -0.443 e. The summed E-state index contributed by atoms with van der Waals surface area (Å²) in [6.07, 6.45) is 8.26. The number of nitrogens with zero attached hydrogens (tertiary/aromatic N) is 2. The number of pyridine rings is 1. The average molecular weight is 502 g/mol. The van der Waals surface area contributed by atoms with Gasteiger partial charge in [0, 0.05) is 24.0 Å². The first-order valence-corrected chi connectivity index (χ1v) is 12.5. The Bertz CT molecular complexity index is 1010. The first-order chi connectivity index (χ1) is 15.4. The Morgan fingerprint density at radius 1 is 1.28 bits per heavy atom. The largest absolute Gasteiger partial charge is 0.443 e. The van der Waals surface area contributed by atoms with E-state index in [1.165, 1.54) is 32.1 Å². The Hall–Kier alpha value is -2.11. The number of nitriles is 1. The molecule has 7 nitrogen and oxygen atoms in total. The molecular weight excluding hydrogens is 470 g/mol. The van der Waals surface area contributed by atoms with Crippen LogP contribution in [-0.2, 0) is 0 Å². The SMILES string of the molecule is CC(C)(CNC(=O)c1nc(NC2CCNCC2)c(Br)c2cc(C#N)oc12)C1CCCCC1. The van der Waals surface area contributed by atoms with E-state index in [1.54, 1.807) is 6.07 Å². The van der Waals surface area contributed by atoms with Crippen molar-refractivity contribution in [3.63, 3.8) is 0 Å². The molecule has 2 aliphatic rings. The predicted octanol–water partition coefficient (Wildman–Crippen LogP) is 4.96. The molecular formula is C24H32BrN5O2. The van der Waals surface area contributed by atoms with Gasteiger partial charge < -0.3 is 20.4 Å². The third kappa shape index (κ3) is 4.94. The van der Waals surface area contributed by atoms with Gasteiger partial charge in [0.25, 0.3) is 5.91 Å². The van der Waals surface area contributed by atoms with Crippen LogP contribution in [0.25, 0.3) is 11.0 Å². The van der Waals surface area contributed by atoms with E-state index in [-0.39, 0.29) is 28.8 Å². The Kier molecular flexibility index (Phi) is 7.06. The summed E-state index contributed by atoms with van der Waals surface area (Å²) in [7, 11) is 0. The number of halogens is 1. The van der Waals surface area contributed by atoms with Crippen LogP contribution in [-0.4, -0.2) is 36.6 Å². The number of carbonyl (C=O) groups excluding carboxylic acids is 1. The molecule has 0 radical (unpaired) electrons. The summed E-state index contributed by atoms with van der Waals surface area (Å²) < 4.78 is 6.41. The van der Waals surface area contributed by atoms with Crippen molar-refractivity contribution in [3.05, 3.63) is 22.0 Å². The third-order valence-corrected chi connectivity index (χ3v) is 7.84. The molecule has 8 heteroatoms. The fourth-order valence-corrected chi connectivity index (χ4v) is 5.45. The van der Waals surface area contributed by atoms with Crippen LogP contribution < -0.4 is 16.0 Å². The van der Waals surface area contributed by atoms with Crippen molar-refractivity contribution in [2.24, 2.45) is 11.3 Å². The van der Waals surface area contributed by atoms with Crippen LogP contribution in [0.3, 0.4) is 0 Å². The van der Waals surface area contributed by atoms with Crippen LogP contribution in [0.15, 0.2) is 15.0 Å². The highest BCUT2D eigenvalue weighted by molar-refractivity contribution is 9.10. The molecule has 1 saturated heterocycles. The van der Waals surface area contributed by atoms with Crippen molar-refractivity contribution < 1.29 is 9.21 Å². The summed E-state index contributed by atoms with van der Waals surface area (Å²) in [6, 6.07) is 3.98. The molecule has 4 rings (SSSR count). The molecule has 2 fully saturated rings. The van der Waals surface area contributed by atoms with E-state index in [0.717, 1.165) is 30.4 Å². The zero-order chi connectivity index (χ0) is 22.7. The lowest BCUT2D eigenvalue weighted by Crippen LogP contribution is -2.39. The van der Waals surface area contributed by atoms with Crippen molar-refractivity contribution >= 4 is 38.6 Å². The molecule has 1 aliphatic heterocycles. The summed E-state index contributed by atoms with van der Waals surface area (Å²) in [6.45, 7) is 6.95. The molecule has 32 heavy (non-hydrogen) atoms. The van der Waals surface area contributed by atoms with E-state index in [2.05, 4.69) is 50.7 Å². The highest BCUT2D eigenvalue weighted by atomic mass is 79.9. The van der Waals surface area contributed by atoms with Gasteiger partial charge in [-0.2, -0.15) is 5.26 Å². The lowest BCUT2D eigenvalue weighted by atomic mass is 9.71. The number of hydrogen-bond donors (Lipinski definition) is 3. The van der Waals surface area contributed by atoms with Crippen LogP contribution in [0.5, 0.6) is 0 Å². The van der Waals surface area contributed by atoms with Crippen molar-refractivity contribution in [2.75, 3.05) is 25.0 Å². The van der Waals surface area contributed by atoms with E-state index in [1.807, 2.05) is 6.07 Å². The Morgan fingerprint density at radius 2 is 2.00 bits per heavy atom. The monoisotopic (exact) mass is 501 g/mol. The number of hydrogen-bond acceptors (Lipinski definition) is 6. The van der Waals surface area contributed by atoms with Gasteiger partial charge in [0.15, 0.2) is 11.3 Å². The number of nitrogens with one attached hydrogen (secondary N) is 3. The molecule has 3 heterocycles. The smallest absolute Gasteiger partial charge is 0.273 e. The normalized spacial score (nSPS) is 18.4. The first-order valence-electron chi connectivity index (χ1n) is 11.7. The maximum Gasteiger partial charge on any atom is 0.273 e. The summed E-state index contributed by atoms with van der Waals surface area (Å²) in [5.41, 5.74) is 0.583. The molecule has 172 valence electrons. The van der Waals surface area contributed by atoms with Crippen molar-refractivity contribution in [1.29, 1.82) is 5.26 Å². The third-order valence-electron chi connectivity index (χ3n) is 7.04. The van der Waals surface area contributed by atoms with Crippen LogP contribution in [0.1, 0.15) is 75.0 Å². The number of aromatic nitrogens is 1. The predicted molar refractivity (Wildman–Crippen MR) is 129 cm³/mol. The number of carbonyl (C=O) groups is 1. The summed E-state index contributed by atoms with van der Waals surface area (Å²) >= 11 is 3.62. The molecule has 1 aliphatic carbocycles. The van der Waals surface area contributed by atoms with Crippen LogP contribution in [0, 0.1) is 22.7 Å². The van der Waals surface area contributed by atoms with E-state index in [0.29, 0.717) is 29.2 Å². The Balaban J connectivity index is 1.59. The number of rotatable bonds is 6. The molecule has 3 N–H and O–H groups in total. The molecule has 1 saturated carbocycles. The van der Waals surface area contributed by atoms with E-state index < -0.39 is 0 Å². The highest BCUT2D eigenvalue weighted by Crippen LogP contribution is 2.38. The minimum absolute atomic E-state index is 0.0156. The second-order valence-electron chi connectivity index (χ2n) is 9.76.